The van der Waals surface area contributed by atoms with Crippen molar-refractivity contribution in [2.45, 2.75) is 16.3 Å². The second-order valence-corrected chi connectivity index (χ2v) is 8.99. The van der Waals surface area contributed by atoms with E-state index in [1.54, 1.807) is 30.3 Å². The summed E-state index contributed by atoms with van der Waals surface area (Å²) in [7, 11) is -4.16. The maximum atomic E-state index is 12.1. The Labute approximate surface area is 136 Å². The molecular formula is C15H18N2O4S2. The molecule has 0 spiro atoms. The Morgan fingerprint density at radius 2 is 1.39 bits per heavy atom. The van der Waals surface area contributed by atoms with Gasteiger partial charge in [-0.1, -0.05) is 30.3 Å². The average molecular weight is 354 g/mol. The molecular weight excluding hydrogens is 336 g/mol. The normalized spacial score (nSPS) is 12.5. The van der Waals surface area contributed by atoms with Crippen molar-refractivity contribution in [2.75, 3.05) is 14.1 Å². The molecule has 0 bridgehead atoms. The lowest BCUT2D eigenvalue weighted by Gasteiger charge is -2.12. The number of rotatable bonds is 6. The zero-order valence-corrected chi connectivity index (χ0v) is 14.4. The smallest absolute Gasteiger partial charge is 0.207 e. The van der Waals surface area contributed by atoms with Gasteiger partial charge < -0.3 is 0 Å². The fourth-order valence-electron chi connectivity index (χ4n) is 1.85. The van der Waals surface area contributed by atoms with Crippen molar-refractivity contribution < 1.29 is 16.8 Å². The van der Waals surface area contributed by atoms with E-state index in [9.17, 15) is 16.8 Å². The van der Waals surface area contributed by atoms with Gasteiger partial charge in [-0.15, -0.1) is 0 Å². The number of nitrogens with one attached hydrogen (secondary N) is 1. The van der Waals surface area contributed by atoms with Crippen LogP contribution in [0.25, 0.3) is 0 Å². The predicted octanol–water partition coefficient (Wildman–Crippen LogP) is 1.42. The minimum absolute atomic E-state index is 0.0829. The fraction of sp³-hybridized carbons (Fsp3) is 0.200. The highest BCUT2D eigenvalue weighted by Gasteiger charge is 2.17. The van der Waals surface area contributed by atoms with Crippen LogP contribution in [0.4, 0.5) is 0 Å². The molecule has 0 saturated heterocycles. The Morgan fingerprint density at radius 3 is 1.91 bits per heavy atom. The molecule has 0 fully saturated rings. The standard InChI is InChI=1S/C15H18N2O4S2/c1-17(2)23(20,21)15-10-8-13(9-11-15)12-16-22(18,19)14-6-4-3-5-7-14/h3-11,16H,12H2,1-2H3. The maximum Gasteiger partial charge on any atom is 0.242 e. The zero-order chi connectivity index (χ0) is 17.1. The van der Waals surface area contributed by atoms with Gasteiger partial charge in [-0.2, -0.15) is 0 Å². The van der Waals surface area contributed by atoms with E-state index in [0.717, 1.165) is 4.31 Å². The van der Waals surface area contributed by atoms with E-state index in [0.29, 0.717) is 5.56 Å². The van der Waals surface area contributed by atoms with Crippen LogP contribution in [0.5, 0.6) is 0 Å². The monoisotopic (exact) mass is 354 g/mol. The Morgan fingerprint density at radius 1 is 0.826 bits per heavy atom. The fourth-order valence-corrected chi connectivity index (χ4v) is 3.79. The summed E-state index contributed by atoms with van der Waals surface area (Å²) in [5.74, 6) is 0. The van der Waals surface area contributed by atoms with Crippen molar-refractivity contribution in [3.8, 4) is 0 Å². The van der Waals surface area contributed by atoms with Crippen LogP contribution in [0.15, 0.2) is 64.4 Å². The van der Waals surface area contributed by atoms with E-state index < -0.39 is 20.0 Å². The summed E-state index contributed by atoms with van der Waals surface area (Å²) >= 11 is 0. The summed E-state index contributed by atoms with van der Waals surface area (Å²) in [6.45, 7) is 0.0829. The molecule has 1 N–H and O–H groups in total. The molecule has 23 heavy (non-hydrogen) atoms. The van der Waals surface area contributed by atoms with E-state index in [1.807, 2.05) is 0 Å². The van der Waals surface area contributed by atoms with E-state index in [2.05, 4.69) is 4.72 Å². The first-order chi connectivity index (χ1) is 10.7. The predicted molar refractivity (Wildman–Crippen MR) is 87.8 cm³/mol. The van der Waals surface area contributed by atoms with E-state index >= 15 is 0 Å². The van der Waals surface area contributed by atoms with Gasteiger partial charge in [0, 0.05) is 20.6 Å². The largest absolute Gasteiger partial charge is 0.242 e. The first-order valence-corrected chi connectivity index (χ1v) is 9.72. The van der Waals surface area contributed by atoms with E-state index in [4.69, 9.17) is 0 Å². The average Bonchev–Trinajstić information content (AvgIpc) is 2.54. The third-order valence-corrected chi connectivity index (χ3v) is 6.47. The van der Waals surface area contributed by atoms with Gasteiger partial charge in [-0.05, 0) is 29.8 Å². The van der Waals surface area contributed by atoms with Gasteiger partial charge in [0.25, 0.3) is 0 Å². The summed E-state index contributed by atoms with van der Waals surface area (Å²) in [5.41, 5.74) is 0.669. The van der Waals surface area contributed by atoms with Crippen molar-refractivity contribution in [1.82, 2.24) is 9.03 Å². The zero-order valence-electron chi connectivity index (χ0n) is 12.8. The second kappa shape index (κ2) is 6.79. The van der Waals surface area contributed by atoms with Crippen LogP contribution in [0, 0.1) is 0 Å². The Hall–Kier alpha value is -1.74. The van der Waals surface area contributed by atoms with Gasteiger partial charge in [0.05, 0.1) is 9.79 Å². The number of benzene rings is 2. The third kappa shape index (κ3) is 4.17. The lowest BCUT2D eigenvalue weighted by Crippen LogP contribution is -2.23. The first-order valence-electron chi connectivity index (χ1n) is 6.80. The maximum absolute atomic E-state index is 12.1. The lowest BCUT2D eigenvalue weighted by molar-refractivity contribution is 0.520. The Kier molecular flexibility index (Phi) is 5.20. The lowest BCUT2D eigenvalue weighted by atomic mass is 10.2. The third-order valence-electron chi connectivity index (χ3n) is 3.22. The highest BCUT2D eigenvalue weighted by atomic mass is 32.2. The van der Waals surface area contributed by atoms with Crippen molar-refractivity contribution >= 4 is 20.0 Å². The quantitative estimate of drug-likeness (QED) is 0.850. The van der Waals surface area contributed by atoms with Crippen LogP contribution in [0.1, 0.15) is 5.56 Å². The van der Waals surface area contributed by atoms with Crippen LogP contribution in [-0.2, 0) is 26.6 Å². The molecule has 0 aromatic heterocycles. The number of hydrogen-bond acceptors (Lipinski definition) is 4. The van der Waals surface area contributed by atoms with Crippen LogP contribution in [0.3, 0.4) is 0 Å². The molecule has 0 aliphatic carbocycles. The van der Waals surface area contributed by atoms with E-state index in [1.165, 1.54) is 38.4 Å². The van der Waals surface area contributed by atoms with Gasteiger partial charge in [-0.25, -0.2) is 25.9 Å². The SMILES string of the molecule is CN(C)S(=O)(=O)c1ccc(CNS(=O)(=O)c2ccccc2)cc1. The highest BCUT2D eigenvalue weighted by Crippen LogP contribution is 2.14. The minimum Gasteiger partial charge on any atom is -0.207 e. The van der Waals surface area contributed by atoms with Crippen LogP contribution < -0.4 is 4.72 Å². The van der Waals surface area contributed by atoms with Crippen molar-refractivity contribution in [1.29, 1.82) is 0 Å². The molecule has 6 nitrogen and oxygen atoms in total. The number of sulfonamides is 2. The molecule has 8 heteroatoms. The molecule has 2 aromatic carbocycles. The van der Waals surface area contributed by atoms with Gasteiger partial charge in [0.1, 0.15) is 0 Å². The van der Waals surface area contributed by atoms with E-state index in [-0.39, 0.29) is 16.3 Å². The first kappa shape index (κ1) is 17.6. The summed E-state index contributed by atoms with van der Waals surface area (Å²) in [6.07, 6.45) is 0. The van der Waals surface area contributed by atoms with Crippen molar-refractivity contribution in [3.63, 3.8) is 0 Å². The summed E-state index contributed by atoms with van der Waals surface area (Å²) in [4.78, 5) is 0.351. The summed E-state index contributed by atoms with van der Waals surface area (Å²) in [6, 6.07) is 14.1. The molecule has 0 saturated carbocycles. The molecule has 0 amide bonds. The molecule has 124 valence electrons. The van der Waals surface area contributed by atoms with Crippen LogP contribution in [-0.4, -0.2) is 35.2 Å². The van der Waals surface area contributed by atoms with Gasteiger partial charge in [0.15, 0.2) is 0 Å². The number of hydrogen-bond donors (Lipinski definition) is 1. The molecule has 2 aromatic rings. The molecule has 0 aliphatic rings. The molecule has 0 radical (unpaired) electrons. The van der Waals surface area contributed by atoms with Gasteiger partial charge >= 0.3 is 0 Å². The van der Waals surface area contributed by atoms with Gasteiger partial charge in [-0.3, -0.25) is 0 Å². The van der Waals surface area contributed by atoms with Crippen LogP contribution in [0.2, 0.25) is 0 Å². The Balaban J connectivity index is 2.11. The molecule has 2 rings (SSSR count). The second-order valence-electron chi connectivity index (χ2n) is 5.07. The van der Waals surface area contributed by atoms with Crippen molar-refractivity contribution in [3.05, 3.63) is 60.2 Å². The highest BCUT2D eigenvalue weighted by molar-refractivity contribution is 7.89. The number of nitrogens with zero attached hydrogens (tertiary/aromatic N) is 1. The summed E-state index contributed by atoms with van der Waals surface area (Å²) in [5, 5.41) is 0. The molecule has 0 aliphatic heterocycles. The van der Waals surface area contributed by atoms with Crippen molar-refractivity contribution in [2.24, 2.45) is 0 Å². The Bertz CT molecular complexity index is 859. The molecule has 0 unspecified atom stereocenters. The molecule has 0 atom stereocenters. The molecule has 0 heterocycles. The minimum atomic E-state index is -3.59. The van der Waals surface area contributed by atoms with Crippen LogP contribution >= 0.6 is 0 Å². The topological polar surface area (TPSA) is 83.6 Å². The summed E-state index contributed by atoms with van der Waals surface area (Å²) < 4.78 is 51.7. The van der Waals surface area contributed by atoms with Gasteiger partial charge in [0.2, 0.25) is 20.0 Å².